The molecule has 2 aromatic carbocycles. The molecule has 2 bridgehead atoms. The van der Waals surface area contributed by atoms with E-state index >= 15 is 0 Å². The zero-order valence-corrected chi connectivity index (χ0v) is 32.4. The van der Waals surface area contributed by atoms with Crippen molar-refractivity contribution in [2.24, 2.45) is 35.5 Å². The van der Waals surface area contributed by atoms with Gasteiger partial charge in [-0.05, 0) is 92.7 Å². The molecule has 0 radical (unpaired) electrons. The Hall–Kier alpha value is -5.72. The van der Waals surface area contributed by atoms with Gasteiger partial charge in [-0.1, -0.05) is 78.9 Å². The summed E-state index contributed by atoms with van der Waals surface area (Å²) in [5.41, 5.74) is 3.74. The topological polar surface area (TPSA) is 152 Å². The number of aliphatic hydroxyl groups excluding tert-OH is 2. The van der Waals surface area contributed by atoms with Crippen LogP contribution in [0.15, 0.2) is 105 Å². The highest BCUT2D eigenvalue weighted by molar-refractivity contribution is 6.10. The molecule has 12 heteroatoms. The van der Waals surface area contributed by atoms with E-state index in [1.165, 1.54) is 6.08 Å². The number of ether oxygens (including phenoxy) is 2. The maximum Gasteiger partial charge on any atom is 0.265 e. The molecule has 0 unspecified atom stereocenters. The first-order valence-corrected chi connectivity index (χ1v) is 19.6. The summed E-state index contributed by atoms with van der Waals surface area (Å²) < 4.78 is 23.0. The van der Waals surface area contributed by atoms with Gasteiger partial charge in [-0.25, -0.2) is 0 Å². The largest absolute Gasteiger partial charge is 0.507 e. The standard InChI is InChI=1S/C25H26N2O4.C20H20N2O4/c1-27(2)21-17-11-16-14-8-9-15(10-14)18(16)22(28)19(17)23(29)20-24(21)31-26-25(20)30-12-13-6-4-3-5-7-13;1-22(2)17-13-9-6-10-14(23)15(13)18(24)16-19(17)26-21-20(16)25-11-12-7-4-3-5-8-12/h3-9,14-18,21,29H,10-12H2,1-2H3;3-8,10,13,17,24H,9,11H2,1-2H3/t14-,15+,16-,17+,18+,21+;13-,17-/m01/s1. The molecule has 8 atom stereocenters. The van der Waals surface area contributed by atoms with E-state index in [1.54, 1.807) is 0 Å². The molecule has 6 aliphatic carbocycles. The second kappa shape index (κ2) is 14.7. The summed E-state index contributed by atoms with van der Waals surface area (Å²) in [7, 11) is 7.81. The maximum atomic E-state index is 13.7. The fourth-order valence-corrected chi connectivity index (χ4v) is 10.2. The van der Waals surface area contributed by atoms with Crippen LogP contribution < -0.4 is 9.47 Å². The number of carbonyl (C=O) groups excluding carboxylic acids is 2. The Morgan fingerprint density at radius 3 is 1.79 bits per heavy atom. The highest BCUT2D eigenvalue weighted by Crippen LogP contribution is 2.60. The molecular weight excluding hydrogens is 725 g/mol. The number of allylic oxidation sites excluding steroid dienone is 4. The van der Waals surface area contributed by atoms with Crippen LogP contribution in [-0.4, -0.2) is 70.1 Å². The summed E-state index contributed by atoms with van der Waals surface area (Å²) in [4.78, 5) is 30.1. The van der Waals surface area contributed by atoms with Crippen LogP contribution in [0.2, 0.25) is 0 Å². The second-order valence-electron chi connectivity index (χ2n) is 16.3. The SMILES string of the molecule is CN(C)[C@H]1c2onc(OCc3ccccc3)c2C(O)=C2C(=O)C=CC[C@H]21.CN(C)[C@H]1c2onc(OCc3ccccc3)c2C(O)=C2C(=O)[C@H]3[C@@H](C[C@H]21)[C@H]1C=C[C@@H]3C1. The number of benzene rings is 2. The molecule has 4 aromatic rings. The molecule has 294 valence electrons. The molecule has 12 nitrogen and oxygen atoms in total. The second-order valence-corrected chi connectivity index (χ2v) is 16.3. The van der Waals surface area contributed by atoms with Gasteiger partial charge in [-0.2, -0.15) is 0 Å². The van der Waals surface area contributed by atoms with Crippen molar-refractivity contribution in [2.75, 3.05) is 28.2 Å². The molecule has 2 saturated carbocycles. The normalized spacial score (nSPS) is 27.8. The minimum absolute atomic E-state index is 0.00221. The molecule has 0 saturated heterocycles. The Bertz CT molecular complexity index is 2320. The van der Waals surface area contributed by atoms with E-state index in [0.29, 0.717) is 71.2 Å². The van der Waals surface area contributed by atoms with Crippen LogP contribution in [0.1, 0.15) is 65.1 Å². The summed E-state index contributed by atoms with van der Waals surface area (Å²) >= 11 is 0. The number of aromatic nitrogens is 2. The monoisotopic (exact) mass is 770 g/mol. The summed E-state index contributed by atoms with van der Waals surface area (Å²) in [6, 6.07) is 19.1. The number of carbonyl (C=O) groups is 2. The zero-order valence-electron chi connectivity index (χ0n) is 32.4. The van der Waals surface area contributed by atoms with Crippen molar-refractivity contribution in [1.29, 1.82) is 0 Å². The number of aliphatic hydroxyl groups is 2. The molecule has 6 aliphatic rings. The number of fused-ring (bicyclic) bond motifs is 9. The molecule has 0 amide bonds. The van der Waals surface area contributed by atoms with Gasteiger partial charge in [0.05, 0.1) is 12.1 Å². The average Bonchev–Trinajstić information content (AvgIpc) is 4.02. The van der Waals surface area contributed by atoms with E-state index in [-0.39, 0.29) is 64.7 Å². The lowest BCUT2D eigenvalue weighted by Crippen LogP contribution is -2.44. The van der Waals surface area contributed by atoms with E-state index in [0.717, 1.165) is 24.0 Å². The third-order valence-electron chi connectivity index (χ3n) is 12.6. The van der Waals surface area contributed by atoms with Gasteiger partial charge in [0, 0.05) is 28.9 Å². The lowest BCUT2D eigenvalue weighted by atomic mass is 9.62. The first kappa shape index (κ1) is 36.9. The van der Waals surface area contributed by atoms with Gasteiger partial charge >= 0.3 is 0 Å². The molecule has 0 aliphatic heterocycles. The Labute approximate surface area is 330 Å². The third-order valence-corrected chi connectivity index (χ3v) is 12.6. The van der Waals surface area contributed by atoms with E-state index in [4.69, 9.17) is 18.5 Å². The smallest absolute Gasteiger partial charge is 0.265 e. The molecular formula is C45H46N4O8. The highest BCUT2D eigenvalue weighted by atomic mass is 16.5. The van der Waals surface area contributed by atoms with E-state index < -0.39 is 0 Å². The van der Waals surface area contributed by atoms with Crippen molar-refractivity contribution < 1.29 is 38.3 Å². The van der Waals surface area contributed by atoms with Crippen LogP contribution in [0.4, 0.5) is 0 Å². The van der Waals surface area contributed by atoms with E-state index in [9.17, 15) is 19.8 Å². The predicted molar refractivity (Wildman–Crippen MR) is 210 cm³/mol. The van der Waals surface area contributed by atoms with Gasteiger partial charge in [0.1, 0.15) is 35.9 Å². The van der Waals surface area contributed by atoms with Gasteiger partial charge in [-0.3, -0.25) is 19.4 Å². The number of ketones is 2. The van der Waals surface area contributed by atoms with Crippen LogP contribution in [0.3, 0.4) is 0 Å². The van der Waals surface area contributed by atoms with Gasteiger partial charge < -0.3 is 28.7 Å². The van der Waals surface area contributed by atoms with Crippen LogP contribution in [0.25, 0.3) is 11.5 Å². The molecule has 0 spiro atoms. The fourth-order valence-electron chi connectivity index (χ4n) is 10.2. The van der Waals surface area contributed by atoms with Crippen molar-refractivity contribution in [3.8, 4) is 11.8 Å². The average molecular weight is 771 g/mol. The number of rotatable bonds is 8. The minimum atomic E-state index is -0.189. The molecule has 2 N–H and O–H groups in total. The van der Waals surface area contributed by atoms with E-state index in [1.807, 2.05) is 99.8 Å². The number of hydrogen-bond acceptors (Lipinski definition) is 12. The van der Waals surface area contributed by atoms with Crippen molar-refractivity contribution in [1.82, 2.24) is 20.1 Å². The lowest BCUT2D eigenvalue weighted by molar-refractivity contribution is -0.124. The van der Waals surface area contributed by atoms with Crippen molar-refractivity contribution in [3.63, 3.8) is 0 Å². The molecule has 57 heavy (non-hydrogen) atoms. The van der Waals surface area contributed by atoms with Crippen LogP contribution in [-0.2, 0) is 22.8 Å². The van der Waals surface area contributed by atoms with E-state index in [2.05, 4.69) is 27.4 Å². The van der Waals surface area contributed by atoms with Crippen LogP contribution in [0.5, 0.6) is 11.8 Å². The van der Waals surface area contributed by atoms with Crippen molar-refractivity contribution in [2.45, 2.75) is 44.6 Å². The molecule has 2 aromatic heterocycles. The summed E-state index contributed by atoms with van der Waals surface area (Å²) in [5.74, 6) is 2.28. The molecule has 2 heterocycles. The van der Waals surface area contributed by atoms with Crippen molar-refractivity contribution >= 4 is 23.1 Å². The number of hydrogen-bond donors (Lipinski definition) is 2. The Balaban J connectivity index is 0.000000151. The van der Waals surface area contributed by atoms with Crippen molar-refractivity contribution in [3.05, 3.63) is 130 Å². The fraction of sp³-hybridized carbons (Fsp3) is 0.378. The van der Waals surface area contributed by atoms with Crippen LogP contribution >= 0.6 is 0 Å². The minimum Gasteiger partial charge on any atom is -0.507 e. The zero-order chi connectivity index (χ0) is 39.5. The van der Waals surface area contributed by atoms with Crippen LogP contribution in [0, 0.1) is 35.5 Å². The maximum absolute atomic E-state index is 13.7. The highest BCUT2D eigenvalue weighted by Gasteiger charge is 2.57. The van der Waals surface area contributed by atoms with Gasteiger partial charge in [0.25, 0.3) is 11.8 Å². The first-order chi connectivity index (χ1) is 27.6. The van der Waals surface area contributed by atoms with Gasteiger partial charge in [0.2, 0.25) is 0 Å². The first-order valence-electron chi connectivity index (χ1n) is 19.6. The Morgan fingerprint density at radius 2 is 1.23 bits per heavy atom. The Morgan fingerprint density at radius 1 is 0.702 bits per heavy atom. The Kier molecular flexibility index (Phi) is 9.48. The number of Topliss-reactive ketones (excluding diaryl/α,β-unsaturated/α-hetero) is 1. The summed E-state index contributed by atoms with van der Waals surface area (Å²) in [6.45, 7) is 0.609. The summed E-state index contributed by atoms with van der Waals surface area (Å²) in [6.07, 6.45) is 10.4. The van der Waals surface area contributed by atoms with Gasteiger partial charge in [-0.15, -0.1) is 0 Å². The predicted octanol–water partition coefficient (Wildman–Crippen LogP) is 7.45. The molecule has 2 fully saturated rings. The quantitative estimate of drug-likeness (QED) is 0.171. The third kappa shape index (κ3) is 6.22. The number of nitrogens with zero attached hydrogens (tertiary/aromatic N) is 4. The summed E-state index contributed by atoms with van der Waals surface area (Å²) in [5, 5.41) is 30.3. The lowest BCUT2D eigenvalue weighted by Gasteiger charge is -2.43. The molecule has 10 rings (SSSR count). The van der Waals surface area contributed by atoms with Gasteiger partial charge in [0.15, 0.2) is 23.1 Å².